The number of allylic oxidation sites excluding steroid dienone is 1. The van der Waals surface area contributed by atoms with Crippen LogP contribution in [0.5, 0.6) is 0 Å². The van der Waals surface area contributed by atoms with Crippen molar-refractivity contribution < 1.29 is 30.5 Å². The molecule has 0 saturated heterocycles. The summed E-state index contributed by atoms with van der Waals surface area (Å²) in [4.78, 5) is 0. The summed E-state index contributed by atoms with van der Waals surface area (Å²) in [5.41, 5.74) is -5.41. The molecule has 0 aromatic carbocycles. The Labute approximate surface area is 105 Å². The van der Waals surface area contributed by atoms with E-state index >= 15 is 0 Å². The predicted molar refractivity (Wildman–Crippen MR) is 56.7 cm³/mol. The van der Waals surface area contributed by atoms with Crippen molar-refractivity contribution in [2.45, 2.75) is 30.9 Å². The van der Waals surface area contributed by atoms with E-state index in [2.05, 4.69) is 20.1 Å². The van der Waals surface area contributed by atoms with Crippen LogP contribution in [0, 0.1) is 0 Å². The molecule has 0 N–H and O–H groups in total. The number of ether oxygens (including phenoxy) is 1. The number of alkyl halides is 3. The molecule has 0 heterocycles. The van der Waals surface area contributed by atoms with Crippen LogP contribution in [0.4, 0.5) is 13.2 Å². The van der Waals surface area contributed by atoms with Crippen LogP contribution < -0.4 is 0 Å². The fraction of sp³-hybridized carbons (Fsp3) is 0.750. The third-order valence-corrected chi connectivity index (χ3v) is 3.98. The zero-order valence-corrected chi connectivity index (χ0v) is 11.2. The van der Waals surface area contributed by atoms with E-state index in [0.29, 0.717) is 12.8 Å². The van der Waals surface area contributed by atoms with Gasteiger partial charge < -0.3 is 8.92 Å². The summed E-state index contributed by atoms with van der Waals surface area (Å²) < 4.78 is 67.2. The Hall–Kier alpha value is -0.280. The number of rotatable bonds is 3. The largest absolute Gasteiger partial charge is 0.534 e. The van der Waals surface area contributed by atoms with E-state index < -0.39 is 15.6 Å². The van der Waals surface area contributed by atoms with Gasteiger partial charge in [0, 0.05) is 24.4 Å². The second-order valence-electron chi connectivity index (χ2n) is 3.41. The Balaban J connectivity index is 2.84. The van der Waals surface area contributed by atoms with Gasteiger partial charge in [-0.1, -0.05) is 15.9 Å². The molecule has 1 unspecified atom stereocenters. The van der Waals surface area contributed by atoms with Crippen LogP contribution in [0.1, 0.15) is 19.3 Å². The Morgan fingerprint density at radius 1 is 1.41 bits per heavy atom. The number of methoxy groups -OCH3 is 1. The molecule has 0 bridgehead atoms. The molecule has 17 heavy (non-hydrogen) atoms. The summed E-state index contributed by atoms with van der Waals surface area (Å²) in [6.07, 6.45) is 0.632. The smallest absolute Gasteiger partial charge is 0.381 e. The molecule has 0 aliphatic heterocycles. The van der Waals surface area contributed by atoms with Crippen molar-refractivity contribution in [3.63, 3.8) is 0 Å². The van der Waals surface area contributed by atoms with E-state index in [-0.39, 0.29) is 22.8 Å². The Morgan fingerprint density at radius 3 is 2.41 bits per heavy atom. The molecular weight excluding hydrogens is 329 g/mol. The lowest BCUT2D eigenvalue weighted by molar-refractivity contribution is -0.0526. The van der Waals surface area contributed by atoms with Crippen LogP contribution in [0.2, 0.25) is 0 Å². The van der Waals surface area contributed by atoms with E-state index in [9.17, 15) is 21.6 Å². The molecule has 0 aromatic rings. The van der Waals surface area contributed by atoms with Gasteiger partial charge in [-0.3, -0.25) is 0 Å². The van der Waals surface area contributed by atoms with Crippen molar-refractivity contribution in [1.29, 1.82) is 0 Å². The van der Waals surface area contributed by atoms with Crippen molar-refractivity contribution in [2.24, 2.45) is 0 Å². The monoisotopic (exact) mass is 338 g/mol. The van der Waals surface area contributed by atoms with Crippen LogP contribution in [0.15, 0.2) is 10.2 Å². The average molecular weight is 339 g/mol. The third kappa shape index (κ3) is 3.59. The first-order chi connectivity index (χ1) is 7.67. The van der Waals surface area contributed by atoms with Crippen LogP contribution >= 0.6 is 15.9 Å². The summed E-state index contributed by atoms with van der Waals surface area (Å²) in [5.74, 6) is -0.212. The van der Waals surface area contributed by atoms with Crippen LogP contribution in [-0.2, 0) is 19.0 Å². The lowest BCUT2D eigenvalue weighted by Crippen LogP contribution is -2.27. The molecule has 0 radical (unpaired) electrons. The van der Waals surface area contributed by atoms with Gasteiger partial charge in [0.05, 0.1) is 6.10 Å². The average Bonchev–Trinajstić information content (AvgIpc) is 2.19. The van der Waals surface area contributed by atoms with Crippen LogP contribution in [0.25, 0.3) is 0 Å². The molecule has 1 aliphatic rings. The molecule has 1 rings (SSSR count). The van der Waals surface area contributed by atoms with E-state index in [4.69, 9.17) is 4.74 Å². The Bertz CT molecular complexity index is 415. The molecular formula is C8H10BrF3O4S. The molecule has 0 fully saturated rings. The van der Waals surface area contributed by atoms with Crippen molar-refractivity contribution in [2.75, 3.05) is 7.11 Å². The Morgan fingerprint density at radius 2 is 2.00 bits per heavy atom. The van der Waals surface area contributed by atoms with Gasteiger partial charge in [-0.15, -0.1) is 0 Å². The molecule has 1 aliphatic carbocycles. The molecule has 4 nitrogen and oxygen atoms in total. The normalized spacial score (nSPS) is 22.8. The van der Waals surface area contributed by atoms with Gasteiger partial charge in [-0.05, 0) is 6.42 Å². The standard InChI is InChI=1S/C8H10BrF3O4S/c1-15-5-2-3-7(6(9)4-5)16-17(13,14)8(10,11)12/h5H,2-4H2,1H3. The van der Waals surface area contributed by atoms with Gasteiger partial charge in [-0.2, -0.15) is 21.6 Å². The predicted octanol–water partition coefficient (Wildman–Crippen LogP) is 2.66. The summed E-state index contributed by atoms with van der Waals surface area (Å²) in [7, 11) is -4.11. The van der Waals surface area contributed by atoms with Gasteiger partial charge in [0.15, 0.2) is 0 Å². The fourth-order valence-corrected chi connectivity index (χ4v) is 2.60. The SMILES string of the molecule is COC1CCC(OS(=O)(=O)C(F)(F)F)=C(Br)C1. The third-order valence-electron chi connectivity index (χ3n) is 2.23. The summed E-state index contributed by atoms with van der Waals surface area (Å²) >= 11 is 3.00. The highest BCUT2D eigenvalue weighted by Gasteiger charge is 2.49. The van der Waals surface area contributed by atoms with Gasteiger partial charge >= 0.3 is 15.6 Å². The topological polar surface area (TPSA) is 52.6 Å². The zero-order valence-electron chi connectivity index (χ0n) is 8.75. The summed E-state index contributed by atoms with van der Waals surface area (Å²) in [5, 5.41) is 0. The van der Waals surface area contributed by atoms with Gasteiger partial charge in [-0.25, -0.2) is 0 Å². The van der Waals surface area contributed by atoms with Crippen molar-refractivity contribution in [3.05, 3.63) is 10.2 Å². The minimum absolute atomic E-state index is 0.0778. The molecule has 1 atom stereocenters. The zero-order chi connectivity index (χ0) is 13.3. The second kappa shape index (κ2) is 5.15. The minimum atomic E-state index is -5.58. The van der Waals surface area contributed by atoms with E-state index in [1.54, 1.807) is 0 Å². The minimum Gasteiger partial charge on any atom is -0.381 e. The van der Waals surface area contributed by atoms with Gasteiger partial charge in [0.25, 0.3) is 0 Å². The van der Waals surface area contributed by atoms with Crippen LogP contribution in [0.3, 0.4) is 0 Å². The lowest BCUT2D eigenvalue weighted by Gasteiger charge is -2.23. The number of hydrogen-bond donors (Lipinski definition) is 0. The summed E-state index contributed by atoms with van der Waals surface area (Å²) in [6, 6.07) is 0. The maximum atomic E-state index is 12.1. The first kappa shape index (κ1) is 14.8. The fourth-order valence-electron chi connectivity index (χ4n) is 1.31. The second-order valence-corrected chi connectivity index (χ2v) is 5.91. The van der Waals surface area contributed by atoms with Crippen LogP contribution in [-0.4, -0.2) is 27.1 Å². The molecule has 0 spiro atoms. The molecule has 100 valence electrons. The van der Waals surface area contributed by atoms with Gasteiger partial charge in [0.2, 0.25) is 0 Å². The molecule has 0 amide bonds. The number of hydrogen-bond acceptors (Lipinski definition) is 4. The van der Waals surface area contributed by atoms with Crippen molar-refractivity contribution in [1.82, 2.24) is 0 Å². The van der Waals surface area contributed by atoms with Crippen molar-refractivity contribution >= 4 is 26.0 Å². The Kier molecular flexibility index (Phi) is 4.48. The first-order valence-corrected chi connectivity index (χ1v) is 6.78. The summed E-state index contributed by atoms with van der Waals surface area (Å²) in [6.45, 7) is 0. The number of halogens is 4. The van der Waals surface area contributed by atoms with E-state index in [1.165, 1.54) is 7.11 Å². The van der Waals surface area contributed by atoms with Gasteiger partial charge in [0.1, 0.15) is 5.76 Å². The highest BCUT2D eigenvalue weighted by atomic mass is 79.9. The molecule has 0 aromatic heterocycles. The quantitative estimate of drug-likeness (QED) is 0.586. The maximum Gasteiger partial charge on any atom is 0.534 e. The first-order valence-electron chi connectivity index (χ1n) is 4.58. The highest BCUT2D eigenvalue weighted by Crippen LogP contribution is 2.35. The molecule has 9 heteroatoms. The van der Waals surface area contributed by atoms with E-state index in [1.807, 2.05) is 0 Å². The lowest BCUT2D eigenvalue weighted by atomic mass is 10.0. The van der Waals surface area contributed by atoms with Crippen molar-refractivity contribution in [3.8, 4) is 0 Å². The molecule has 0 saturated carbocycles. The van der Waals surface area contributed by atoms with E-state index in [0.717, 1.165) is 0 Å². The maximum absolute atomic E-state index is 12.1. The highest BCUT2D eigenvalue weighted by molar-refractivity contribution is 9.11.